The normalized spacial score (nSPS) is 28.6. The van der Waals surface area contributed by atoms with Crippen LogP contribution in [0.25, 0.3) is 0 Å². The Labute approximate surface area is 350 Å². The molecule has 3 aliphatic rings. The first-order valence-corrected chi connectivity index (χ1v) is 20.6. The van der Waals surface area contributed by atoms with E-state index in [4.69, 9.17) is 0 Å². The summed E-state index contributed by atoms with van der Waals surface area (Å²) >= 11 is 0. The molecule has 0 radical (unpaired) electrons. The zero-order chi connectivity index (χ0) is 44.6. The molecule has 0 aromatic heterocycles. The van der Waals surface area contributed by atoms with Crippen molar-refractivity contribution in [3.63, 3.8) is 0 Å². The van der Waals surface area contributed by atoms with E-state index in [-0.39, 0.29) is 50.4 Å². The van der Waals surface area contributed by atoms with Crippen LogP contribution in [0.5, 0.6) is 5.75 Å². The Balaban J connectivity index is 1.83. The molecule has 3 saturated heterocycles. The Hall–Kier alpha value is -5.30. The van der Waals surface area contributed by atoms with Crippen LogP contribution in [0.2, 0.25) is 0 Å². The van der Waals surface area contributed by atoms with Gasteiger partial charge in [-0.15, -0.1) is 0 Å². The van der Waals surface area contributed by atoms with Crippen LogP contribution in [-0.4, -0.2) is 146 Å². The minimum atomic E-state index is -1.75. The van der Waals surface area contributed by atoms with Crippen LogP contribution < -0.4 is 31.9 Å². The highest BCUT2D eigenvalue weighted by Crippen LogP contribution is 2.25. The van der Waals surface area contributed by atoms with Crippen LogP contribution in [0.15, 0.2) is 24.3 Å². The van der Waals surface area contributed by atoms with Crippen LogP contribution in [0.1, 0.15) is 92.6 Å². The monoisotopic (exact) mass is 842 g/mol. The predicted octanol–water partition coefficient (Wildman–Crippen LogP) is -0.967. The van der Waals surface area contributed by atoms with Gasteiger partial charge in [-0.25, -0.2) is 0 Å². The van der Waals surface area contributed by atoms with Gasteiger partial charge in [0.2, 0.25) is 41.4 Å². The fourth-order valence-corrected chi connectivity index (χ4v) is 8.03. The third-order valence-corrected chi connectivity index (χ3v) is 10.8. The third kappa shape index (κ3) is 12.6. The Bertz CT molecular complexity index is 1760. The smallest absolute Gasteiger partial charge is 0.305 e. The number of fused-ring (bicyclic) bond motifs is 2. The number of hydrogen-bond donors (Lipinski definition) is 9. The fourth-order valence-electron chi connectivity index (χ4n) is 8.03. The first-order valence-electron chi connectivity index (χ1n) is 20.6. The van der Waals surface area contributed by atoms with Gasteiger partial charge >= 0.3 is 5.97 Å². The maximum absolute atomic E-state index is 14.6. The maximum atomic E-state index is 14.6. The molecule has 7 amide bonds. The molecule has 3 aliphatic heterocycles. The molecule has 4 rings (SSSR count). The highest BCUT2D eigenvalue weighted by Gasteiger charge is 2.45. The average molecular weight is 843 g/mol. The molecule has 19 nitrogen and oxygen atoms in total. The number of amides is 7. The highest BCUT2D eigenvalue weighted by atomic mass is 16.4. The standard InChI is InChI=1S/C41H62N8O11/c1-21(2)18-26-34(54)43-27(20-31(52)53)35(55)46-32(23(4)50)38(58)42-22(3)33(39(59)47-41(5,6)7)48-16-8-10-29(48)36(56)45-28(19-24-12-14-25(51)15-13-24)40(60)49-17-9-11-30(49)37(57)44-26/h12-15,21-23,26-30,32-33,50-51H,8-11,16-20H2,1-7H3,(H,42,58)(H,43,54)(H,44,57)(H,45,56)(H,46,55)(H,47,59)(H,52,53)/t22-,23+,26-,27-,28-,29-,30+,32-,33-/m0/s1. The minimum absolute atomic E-state index is 0.00567. The van der Waals surface area contributed by atoms with Crippen molar-refractivity contribution in [3.8, 4) is 5.75 Å². The van der Waals surface area contributed by atoms with Gasteiger partial charge in [0.1, 0.15) is 42.0 Å². The third-order valence-electron chi connectivity index (χ3n) is 10.8. The van der Waals surface area contributed by atoms with Crippen molar-refractivity contribution in [2.24, 2.45) is 5.92 Å². The number of aromatic hydroxyl groups is 1. The van der Waals surface area contributed by atoms with Crippen molar-refractivity contribution in [2.45, 2.75) is 153 Å². The van der Waals surface area contributed by atoms with Crippen LogP contribution in [-0.2, 0) is 44.8 Å². The van der Waals surface area contributed by atoms with E-state index in [0.29, 0.717) is 18.4 Å². The van der Waals surface area contributed by atoms with Crippen molar-refractivity contribution in [1.29, 1.82) is 0 Å². The lowest BCUT2D eigenvalue weighted by atomic mass is 10.0. The minimum Gasteiger partial charge on any atom is -0.508 e. The van der Waals surface area contributed by atoms with E-state index in [9.17, 15) is 53.7 Å². The number of nitrogens with zero attached hydrogens (tertiary/aromatic N) is 2. The van der Waals surface area contributed by atoms with Crippen molar-refractivity contribution in [1.82, 2.24) is 41.7 Å². The van der Waals surface area contributed by atoms with Gasteiger partial charge in [0.05, 0.1) is 24.6 Å². The van der Waals surface area contributed by atoms with Crippen LogP contribution >= 0.6 is 0 Å². The van der Waals surface area contributed by atoms with E-state index in [1.165, 1.54) is 30.9 Å². The zero-order valence-corrected chi connectivity index (χ0v) is 35.4. The second-order valence-electron chi connectivity index (χ2n) is 17.6. The van der Waals surface area contributed by atoms with Gasteiger partial charge in [-0.05, 0) is 96.9 Å². The van der Waals surface area contributed by atoms with E-state index in [1.54, 1.807) is 51.7 Å². The molecular weight excluding hydrogens is 780 g/mol. The lowest BCUT2D eigenvalue weighted by molar-refractivity contribution is -0.143. The lowest BCUT2D eigenvalue weighted by Gasteiger charge is -2.38. The molecule has 1 aromatic rings. The molecule has 0 unspecified atom stereocenters. The summed E-state index contributed by atoms with van der Waals surface area (Å²) in [4.78, 5) is 113. The first kappa shape index (κ1) is 47.4. The molecule has 60 heavy (non-hydrogen) atoms. The number of aliphatic carboxylic acids is 1. The highest BCUT2D eigenvalue weighted by molar-refractivity contribution is 5.98. The number of phenols is 1. The summed E-state index contributed by atoms with van der Waals surface area (Å²) in [5.74, 6) is -6.93. The Morgan fingerprint density at radius 2 is 1.35 bits per heavy atom. The number of carboxylic acid groups (broad SMARTS) is 1. The number of rotatable bonds is 8. The summed E-state index contributed by atoms with van der Waals surface area (Å²) < 4.78 is 0. The molecule has 9 N–H and O–H groups in total. The van der Waals surface area contributed by atoms with E-state index in [2.05, 4.69) is 31.9 Å². The van der Waals surface area contributed by atoms with E-state index in [1.807, 2.05) is 0 Å². The van der Waals surface area contributed by atoms with Crippen LogP contribution in [0.4, 0.5) is 0 Å². The van der Waals surface area contributed by atoms with Crippen molar-refractivity contribution in [2.75, 3.05) is 13.1 Å². The second-order valence-corrected chi connectivity index (χ2v) is 17.6. The van der Waals surface area contributed by atoms with E-state index < -0.39 is 114 Å². The molecule has 9 atom stereocenters. The summed E-state index contributed by atoms with van der Waals surface area (Å²) in [6, 6.07) is -4.06. The number of benzene rings is 1. The molecule has 3 fully saturated rings. The number of phenolic OH excluding ortho intramolecular Hbond substituents is 1. The SMILES string of the molecule is CC(C)C[C@@H]1NC(=O)[C@H]2CCCN2C(=O)[C@H](Cc2ccc(O)cc2)NC(=O)[C@@H]2CCCN2[C@H](C(=O)NC(C)(C)C)[C@H](C)NC(=O)[C@H]([C@@H](C)O)NC(=O)[C@H](CC(=O)O)NC1=O. The summed E-state index contributed by atoms with van der Waals surface area (Å²) in [6.45, 7) is 12.0. The van der Waals surface area contributed by atoms with Gasteiger partial charge in [-0.3, -0.25) is 43.3 Å². The summed E-state index contributed by atoms with van der Waals surface area (Å²) in [7, 11) is 0. The van der Waals surface area contributed by atoms with E-state index in [0.717, 1.165) is 0 Å². The molecule has 332 valence electrons. The topological polar surface area (TPSA) is 276 Å². The van der Waals surface area contributed by atoms with Gasteiger partial charge in [-0.2, -0.15) is 0 Å². The number of carbonyl (C=O) groups excluding carboxylic acids is 7. The lowest BCUT2D eigenvalue weighted by Crippen LogP contribution is -2.65. The fraction of sp³-hybridized carbons (Fsp3) is 0.659. The quantitative estimate of drug-likeness (QED) is 0.153. The molecule has 3 heterocycles. The number of aliphatic hydroxyl groups is 1. The molecule has 0 spiro atoms. The molecule has 0 aliphatic carbocycles. The Morgan fingerprint density at radius 3 is 1.95 bits per heavy atom. The van der Waals surface area contributed by atoms with Crippen molar-refractivity contribution in [3.05, 3.63) is 29.8 Å². The number of carbonyl (C=O) groups is 8. The predicted molar refractivity (Wildman–Crippen MR) is 217 cm³/mol. The van der Waals surface area contributed by atoms with Crippen molar-refractivity contribution < 1.29 is 53.7 Å². The summed E-state index contributed by atoms with van der Waals surface area (Å²) in [5, 5.41) is 46.4. The second kappa shape index (κ2) is 20.3. The number of nitrogens with one attached hydrogen (secondary N) is 6. The Kier molecular flexibility index (Phi) is 16.0. The average Bonchev–Trinajstić information content (AvgIpc) is 3.83. The molecule has 0 saturated carbocycles. The van der Waals surface area contributed by atoms with Gasteiger partial charge in [0.25, 0.3) is 0 Å². The van der Waals surface area contributed by atoms with Crippen LogP contribution in [0.3, 0.4) is 0 Å². The summed E-state index contributed by atoms with van der Waals surface area (Å²) in [6.07, 6.45) is -0.976. The maximum Gasteiger partial charge on any atom is 0.305 e. The van der Waals surface area contributed by atoms with Gasteiger partial charge < -0.3 is 52.1 Å². The van der Waals surface area contributed by atoms with E-state index >= 15 is 0 Å². The Morgan fingerprint density at radius 1 is 0.783 bits per heavy atom. The largest absolute Gasteiger partial charge is 0.508 e. The van der Waals surface area contributed by atoms with Gasteiger partial charge in [-0.1, -0.05) is 26.0 Å². The van der Waals surface area contributed by atoms with Crippen molar-refractivity contribution >= 4 is 47.3 Å². The summed E-state index contributed by atoms with van der Waals surface area (Å²) in [5.41, 5.74) is -0.145. The number of aliphatic hydroxyl groups excluding tert-OH is 1. The van der Waals surface area contributed by atoms with Crippen LogP contribution in [0, 0.1) is 5.92 Å². The number of carboxylic acids is 1. The first-order chi connectivity index (χ1) is 28.1. The molecule has 19 heteroatoms. The molecule has 1 aromatic carbocycles. The van der Waals surface area contributed by atoms with Gasteiger partial charge in [0.15, 0.2) is 0 Å². The molecular formula is C41H62N8O11. The zero-order valence-electron chi connectivity index (χ0n) is 35.4. The molecule has 0 bridgehead atoms. The number of hydrogen-bond acceptors (Lipinski definition) is 11. The van der Waals surface area contributed by atoms with Gasteiger partial charge in [0, 0.05) is 18.5 Å².